The predicted molar refractivity (Wildman–Crippen MR) is 146 cm³/mol. The molecule has 1 aliphatic carbocycles. The molecular weight excluding hydrogens is 480 g/mol. The van der Waals surface area contributed by atoms with E-state index in [1.807, 2.05) is 53.4 Å². The topological polar surface area (TPSA) is 97.5 Å². The van der Waals surface area contributed by atoms with Crippen molar-refractivity contribution in [3.63, 3.8) is 0 Å². The molecule has 0 radical (unpaired) electrons. The number of ether oxygens (including phenoxy) is 2. The molecular formula is C30H38N4O4. The molecule has 8 nitrogen and oxygen atoms in total. The number of benzene rings is 2. The Labute approximate surface area is 224 Å². The van der Waals surface area contributed by atoms with Crippen molar-refractivity contribution < 1.29 is 19.1 Å². The van der Waals surface area contributed by atoms with Crippen LogP contribution in [0.4, 0.5) is 0 Å². The number of methoxy groups -OCH3 is 2. The van der Waals surface area contributed by atoms with E-state index in [0.717, 1.165) is 42.5 Å². The zero-order valence-electron chi connectivity index (χ0n) is 22.4. The SMILES string of the molecule is COc1ccc(C2=NN(C3CCN(C(=O)C(N)Cc4ccccc4)CC3)C(=O)C3(CCCC3)C2)cc1OC. The van der Waals surface area contributed by atoms with Crippen molar-refractivity contribution in [1.29, 1.82) is 0 Å². The zero-order valence-corrected chi connectivity index (χ0v) is 22.4. The summed E-state index contributed by atoms with van der Waals surface area (Å²) in [6.07, 6.45) is 6.44. The van der Waals surface area contributed by atoms with Gasteiger partial charge in [0, 0.05) is 25.1 Å². The quantitative estimate of drug-likeness (QED) is 0.602. The number of rotatable bonds is 7. The van der Waals surface area contributed by atoms with Gasteiger partial charge in [0.05, 0.1) is 37.4 Å². The van der Waals surface area contributed by atoms with E-state index in [4.69, 9.17) is 20.3 Å². The third-order valence-electron chi connectivity index (χ3n) is 8.41. The van der Waals surface area contributed by atoms with Gasteiger partial charge in [0.2, 0.25) is 11.8 Å². The van der Waals surface area contributed by atoms with Crippen LogP contribution in [0.25, 0.3) is 0 Å². The third-order valence-corrected chi connectivity index (χ3v) is 8.41. The van der Waals surface area contributed by atoms with Crippen LogP contribution < -0.4 is 15.2 Å². The van der Waals surface area contributed by atoms with Crippen molar-refractivity contribution >= 4 is 17.5 Å². The highest BCUT2D eigenvalue weighted by Crippen LogP contribution is 2.47. The fourth-order valence-corrected chi connectivity index (χ4v) is 6.24. The van der Waals surface area contributed by atoms with E-state index in [2.05, 4.69) is 0 Å². The summed E-state index contributed by atoms with van der Waals surface area (Å²) in [7, 11) is 3.24. The number of carbonyl (C=O) groups is 2. The van der Waals surface area contributed by atoms with Gasteiger partial charge in [-0.25, -0.2) is 5.01 Å². The molecule has 2 heterocycles. The molecule has 2 aliphatic heterocycles. The Morgan fingerprint density at radius 1 is 1.05 bits per heavy atom. The van der Waals surface area contributed by atoms with Crippen LogP contribution in [0.1, 0.15) is 56.1 Å². The van der Waals surface area contributed by atoms with Crippen LogP contribution in [0.2, 0.25) is 0 Å². The molecule has 5 rings (SSSR count). The molecule has 2 N–H and O–H groups in total. The molecule has 2 aromatic rings. The summed E-state index contributed by atoms with van der Waals surface area (Å²) in [5.41, 5.74) is 8.81. The fourth-order valence-electron chi connectivity index (χ4n) is 6.24. The van der Waals surface area contributed by atoms with Crippen LogP contribution in [0, 0.1) is 5.41 Å². The maximum atomic E-state index is 13.8. The van der Waals surface area contributed by atoms with E-state index < -0.39 is 11.5 Å². The lowest BCUT2D eigenvalue weighted by Gasteiger charge is -2.43. The maximum Gasteiger partial charge on any atom is 0.249 e. The first kappa shape index (κ1) is 26.2. The molecule has 38 heavy (non-hydrogen) atoms. The molecule has 3 aliphatic rings. The molecule has 2 fully saturated rings. The summed E-state index contributed by atoms with van der Waals surface area (Å²) in [5.74, 6) is 1.43. The Balaban J connectivity index is 1.32. The van der Waals surface area contributed by atoms with Crippen LogP contribution in [0.15, 0.2) is 53.6 Å². The van der Waals surface area contributed by atoms with Crippen molar-refractivity contribution in [2.75, 3.05) is 27.3 Å². The first-order valence-electron chi connectivity index (χ1n) is 13.7. The van der Waals surface area contributed by atoms with E-state index in [1.165, 1.54) is 0 Å². The highest BCUT2D eigenvalue weighted by molar-refractivity contribution is 6.06. The second-order valence-electron chi connectivity index (χ2n) is 10.8. The summed E-state index contributed by atoms with van der Waals surface area (Å²) in [6, 6.07) is 15.1. The number of carbonyl (C=O) groups excluding carboxylic acids is 2. The number of likely N-dealkylation sites (tertiary alicyclic amines) is 1. The van der Waals surface area contributed by atoms with Crippen LogP contribution >= 0.6 is 0 Å². The highest BCUT2D eigenvalue weighted by atomic mass is 16.5. The molecule has 1 unspecified atom stereocenters. The molecule has 2 aromatic carbocycles. The van der Waals surface area contributed by atoms with Gasteiger partial charge >= 0.3 is 0 Å². The minimum absolute atomic E-state index is 0.0287. The molecule has 0 aromatic heterocycles. The summed E-state index contributed by atoms with van der Waals surface area (Å²) in [4.78, 5) is 28.8. The lowest BCUT2D eigenvalue weighted by Crippen LogP contribution is -2.55. The normalized spacial score (nSPS) is 20.4. The molecule has 1 spiro atoms. The Morgan fingerprint density at radius 2 is 1.74 bits per heavy atom. The monoisotopic (exact) mass is 518 g/mol. The largest absolute Gasteiger partial charge is 0.493 e. The van der Waals surface area contributed by atoms with E-state index in [-0.39, 0.29) is 17.9 Å². The molecule has 202 valence electrons. The van der Waals surface area contributed by atoms with E-state index in [0.29, 0.717) is 50.3 Å². The number of hydrazone groups is 1. The Hall–Kier alpha value is -3.39. The average Bonchev–Trinajstić information content (AvgIpc) is 3.43. The first-order chi connectivity index (χ1) is 18.4. The van der Waals surface area contributed by atoms with Crippen molar-refractivity contribution in [1.82, 2.24) is 9.91 Å². The second-order valence-corrected chi connectivity index (χ2v) is 10.8. The van der Waals surface area contributed by atoms with Crippen LogP contribution in [0.5, 0.6) is 11.5 Å². The van der Waals surface area contributed by atoms with E-state index in [9.17, 15) is 9.59 Å². The highest BCUT2D eigenvalue weighted by Gasteiger charge is 2.49. The number of amides is 2. The summed E-state index contributed by atoms with van der Waals surface area (Å²) in [6.45, 7) is 1.15. The minimum Gasteiger partial charge on any atom is -0.493 e. The van der Waals surface area contributed by atoms with E-state index >= 15 is 0 Å². The van der Waals surface area contributed by atoms with Gasteiger partial charge in [0.15, 0.2) is 11.5 Å². The number of hydrogen-bond acceptors (Lipinski definition) is 6. The van der Waals surface area contributed by atoms with Gasteiger partial charge in [-0.3, -0.25) is 9.59 Å². The van der Waals surface area contributed by atoms with Gasteiger partial charge in [-0.15, -0.1) is 0 Å². The molecule has 2 amide bonds. The maximum absolute atomic E-state index is 13.8. The summed E-state index contributed by atoms with van der Waals surface area (Å²) in [5, 5.41) is 6.70. The molecule has 1 saturated carbocycles. The van der Waals surface area contributed by atoms with Crippen molar-refractivity contribution in [2.24, 2.45) is 16.3 Å². The number of nitrogens with zero attached hydrogens (tertiary/aromatic N) is 3. The lowest BCUT2D eigenvalue weighted by molar-refractivity contribution is -0.147. The first-order valence-corrected chi connectivity index (χ1v) is 13.7. The van der Waals surface area contributed by atoms with Crippen molar-refractivity contribution in [3.05, 3.63) is 59.7 Å². The van der Waals surface area contributed by atoms with Crippen LogP contribution in [-0.4, -0.2) is 66.8 Å². The average molecular weight is 519 g/mol. The third kappa shape index (κ3) is 5.14. The van der Waals surface area contributed by atoms with E-state index in [1.54, 1.807) is 19.2 Å². The van der Waals surface area contributed by atoms with Crippen molar-refractivity contribution in [2.45, 2.75) is 63.5 Å². The van der Waals surface area contributed by atoms with Crippen LogP contribution in [-0.2, 0) is 16.0 Å². The Morgan fingerprint density at radius 3 is 2.39 bits per heavy atom. The molecule has 0 bridgehead atoms. The minimum atomic E-state index is -0.568. The zero-order chi connectivity index (χ0) is 26.7. The second kappa shape index (κ2) is 11.2. The van der Waals surface area contributed by atoms with Gasteiger partial charge in [-0.05, 0) is 55.9 Å². The smallest absolute Gasteiger partial charge is 0.249 e. The lowest BCUT2D eigenvalue weighted by atomic mass is 9.77. The molecule has 1 atom stereocenters. The Kier molecular flexibility index (Phi) is 7.70. The summed E-state index contributed by atoms with van der Waals surface area (Å²) < 4.78 is 10.9. The Bertz CT molecular complexity index is 1180. The predicted octanol–water partition coefficient (Wildman–Crippen LogP) is 3.76. The molecule has 1 saturated heterocycles. The number of hydrogen-bond donors (Lipinski definition) is 1. The fraction of sp³-hybridized carbons (Fsp3) is 0.500. The van der Waals surface area contributed by atoms with Gasteiger partial charge in [0.1, 0.15) is 0 Å². The van der Waals surface area contributed by atoms with Gasteiger partial charge < -0.3 is 20.1 Å². The summed E-state index contributed by atoms with van der Waals surface area (Å²) >= 11 is 0. The number of nitrogens with two attached hydrogens (primary N) is 1. The molecule has 8 heteroatoms. The van der Waals surface area contributed by atoms with Crippen LogP contribution in [0.3, 0.4) is 0 Å². The van der Waals surface area contributed by atoms with Gasteiger partial charge in [0.25, 0.3) is 0 Å². The van der Waals surface area contributed by atoms with Gasteiger partial charge in [-0.1, -0.05) is 43.2 Å². The van der Waals surface area contributed by atoms with Crippen molar-refractivity contribution in [3.8, 4) is 11.5 Å². The standard InChI is InChI=1S/C30H38N4O4/c1-37-26-11-10-22(19-27(26)38-2)25-20-30(14-6-7-15-30)29(36)34(32-25)23-12-16-33(17-13-23)28(35)24(31)18-21-8-4-3-5-9-21/h3-5,8-11,19,23-24H,6-7,12-18,20,31H2,1-2H3. The number of piperidine rings is 1. The van der Waals surface area contributed by atoms with Gasteiger partial charge in [-0.2, -0.15) is 5.10 Å².